The van der Waals surface area contributed by atoms with Crippen molar-refractivity contribution in [3.8, 4) is 11.5 Å². The molecule has 2 N–H and O–H groups in total. The first-order chi connectivity index (χ1) is 15.7. The molecule has 0 fully saturated rings. The Labute approximate surface area is 193 Å². The Balaban J connectivity index is 1.67. The van der Waals surface area contributed by atoms with Crippen LogP contribution in [0.25, 0.3) is 0 Å². The minimum absolute atomic E-state index is 0.00496. The first-order valence-corrected chi connectivity index (χ1v) is 11.7. The zero-order valence-corrected chi connectivity index (χ0v) is 19.6. The second-order valence-electron chi connectivity index (χ2n) is 7.29. The lowest BCUT2D eigenvalue weighted by Crippen LogP contribution is -2.32. The predicted molar refractivity (Wildman–Crippen MR) is 125 cm³/mol. The van der Waals surface area contributed by atoms with E-state index in [2.05, 4.69) is 20.0 Å². The van der Waals surface area contributed by atoms with Crippen molar-refractivity contribution in [1.82, 2.24) is 9.97 Å². The summed E-state index contributed by atoms with van der Waals surface area (Å²) < 4.78 is 38.7. The highest BCUT2D eigenvalue weighted by molar-refractivity contribution is 7.92. The van der Waals surface area contributed by atoms with Crippen LogP contribution in [0.5, 0.6) is 11.5 Å². The Hall–Kier alpha value is -3.66. The molecule has 1 amide bonds. The number of sulfonamides is 1. The second-order valence-corrected chi connectivity index (χ2v) is 8.97. The number of amides is 1. The lowest BCUT2D eigenvalue weighted by molar-refractivity contribution is -0.122. The molecule has 0 unspecified atom stereocenters. The summed E-state index contributed by atoms with van der Waals surface area (Å²) in [5.41, 5.74) is 1.74. The van der Waals surface area contributed by atoms with Crippen molar-refractivity contribution in [2.24, 2.45) is 0 Å². The third-order valence-corrected chi connectivity index (χ3v) is 5.97. The number of methoxy groups -OCH3 is 1. The van der Waals surface area contributed by atoms with Gasteiger partial charge in [-0.25, -0.2) is 23.1 Å². The molecule has 0 bridgehead atoms. The number of nitrogens with zero attached hydrogens (tertiary/aromatic N) is 2. The first-order valence-electron chi connectivity index (χ1n) is 10.3. The van der Waals surface area contributed by atoms with E-state index in [1.807, 2.05) is 6.92 Å². The molecule has 0 radical (unpaired) electrons. The van der Waals surface area contributed by atoms with Crippen molar-refractivity contribution < 1.29 is 22.7 Å². The zero-order valence-electron chi connectivity index (χ0n) is 18.8. The highest BCUT2D eigenvalue weighted by Crippen LogP contribution is 2.22. The van der Waals surface area contributed by atoms with E-state index in [-0.39, 0.29) is 16.8 Å². The highest BCUT2D eigenvalue weighted by atomic mass is 32.2. The molecule has 0 spiro atoms. The third kappa shape index (κ3) is 6.42. The number of hydrogen-bond acceptors (Lipinski definition) is 7. The lowest BCUT2D eigenvalue weighted by atomic mass is 10.2. The molecule has 3 rings (SSSR count). The van der Waals surface area contributed by atoms with Gasteiger partial charge < -0.3 is 14.8 Å². The summed E-state index contributed by atoms with van der Waals surface area (Å²) in [6, 6.07) is 14.5. The van der Waals surface area contributed by atoms with Gasteiger partial charge in [0.05, 0.1) is 12.0 Å². The molecule has 3 aromatic rings. The maximum Gasteiger partial charge on any atom is 0.265 e. The summed E-state index contributed by atoms with van der Waals surface area (Å²) in [4.78, 5) is 20.9. The number of ether oxygens (including phenoxy) is 2. The van der Waals surface area contributed by atoms with Crippen molar-refractivity contribution in [1.29, 1.82) is 0 Å². The van der Waals surface area contributed by atoms with E-state index in [1.54, 1.807) is 51.3 Å². The normalized spacial score (nSPS) is 12.0. The van der Waals surface area contributed by atoms with Crippen LogP contribution in [0.4, 0.5) is 11.6 Å². The summed E-state index contributed by atoms with van der Waals surface area (Å²) in [5, 5.41) is 2.75. The van der Waals surface area contributed by atoms with E-state index < -0.39 is 16.1 Å². The number of benzene rings is 2. The van der Waals surface area contributed by atoms with Crippen LogP contribution in [-0.4, -0.2) is 37.5 Å². The molecular weight excluding hydrogens is 444 g/mol. The second kappa shape index (κ2) is 10.3. The van der Waals surface area contributed by atoms with Crippen molar-refractivity contribution >= 4 is 27.6 Å². The van der Waals surface area contributed by atoms with Crippen LogP contribution in [0.1, 0.15) is 24.7 Å². The monoisotopic (exact) mass is 470 g/mol. The van der Waals surface area contributed by atoms with Crippen molar-refractivity contribution in [2.75, 3.05) is 17.1 Å². The number of hydrogen-bond donors (Lipinski definition) is 2. The first kappa shape index (κ1) is 24.0. The van der Waals surface area contributed by atoms with Gasteiger partial charge in [0.2, 0.25) is 5.95 Å². The minimum atomic E-state index is -3.88. The third-order valence-electron chi connectivity index (χ3n) is 4.62. The largest absolute Gasteiger partial charge is 0.497 e. The Morgan fingerprint density at radius 3 is 2.24 bits per heavy atom. The lowest BCUT2D eigenvalue weighted by Gasteiger charge is -2.18. The van der Waals surface area contributed by atoms with Crippen LogP contribution >= 0.6 is 0 Å². The van der Waals surface area contributed by atoms with Crippen molar-refractivity contribution in [3.63, 3.8) is 0 Å². The average molecular weight is 471 g/mol. The SMILES string of the molecule is CC[C@H](Oc1cccc(OC)c1)C(=O)Nc1ccc(S(=O)(=O)Nc2nc(C)cc(C)n2)cc1. The number of nitrogens with one attached hydrogen (secondary N) is 2. The summed E-state index contributed by atoms with van der Waals surface area (Å²) in [6.07, 6.45) is -0.293. The quantitative estimate of drug-likeness (QED) is 0.489. The number of carbonyl (C=O) groups is 1. The number of aryl methyl sites for hydroxylation is 2. The van der Waals surface area contributed by atoms with E-state index >= 15 is 0 Å². The predicted octanol–water partition coefficient (Wildman–Crippen LogP) is 3.70. The van der Waals surface area contributed by atoms with E-state index in [0.717, 1.165) is 0 Å². The molecule has 0 aliphatic heterocycles. The van der Waals surface area contributed by atoms with Crippen LogP contribution in [-0.2, 0) is 14.8 Å². The van der Waals surface area contributed by atoms with Gasteiger partial charge in [-0.2, -0.15) is 0 Å². The Morgan fingerprint density at radius 2 is 1.64 bits per heavy atom. The molecule has 1 aromatic heterocycles. The summed E-state index contributed by atoms with van der Waals surface area (Å²) in [7, 11) is -2.33. The fourth-order valence-corrected chi connectivity index (χ4v) is 4.00. The van der Waals surface area contributed by atoms with Crippen LogP contribution in [0.2, 0.25) is 0 Å². The molecule has 1 heterocycles. The molecule has 10 heteroatoms. The van der Waals surface area contributed by atoms with Crippen LogP contribution in [0, 0.1) is 13.8 Å². The van der Waals surface area contributed by atoms with Gasteiger partial charge in [0.1, 0.15) is 11.5 Å². The van der Waals surface area contributed by atoms with Gasteiger partial charge in [0, 0.05) is 23.1 Å². The molecule has 0 saturated heterocycles. The molecule has 9 nitrogen and oxygen atoms in total. The van der Waals surface area contributed by atoms with Crippen molar-refractivity contribution in [2.45, 2.75) is 38.2 Å². The molecule has 0 aliphatic carbocycles. The van der Waals surface area contributed by atoms with E-state index in [4.69, 9.17) is 9.47 Å². The van der Waals surface area contributed by atoms with E-state index in [1.165, 1.54) is 24.3 Å². The number of carbonyl (C=O) groups excluding carboxylic acids is 1. The van der Waals surface area contributed by atoms with Crippen LogP contribution in [0.3, 0.4) is 0 Å². The maximum absolute atomic E-state index is 12.7. The molecular formula is C23H26N4O5S. The number of aromatic nitrogens is 2. The summed E-state index contributed by atoms with van der Waals surface area (Å²) >= 11 is 0. The maximum atomic E-state index is 12.7. The smallest absolute Gasteiger partial charge is 0.265 e. The minimum Gasteiger partial charge on any atom is -0.497 e. The van der Waals surface area contributed by atoms with Gasteiger partial charge in [-0.15, -0.1) is 0 Å². The Kier molecular flexibility index (Phi) is 7.49. The number of anilines is 2. The van der Waals surface area contributed by atoms with E-state index in [9.17, 15) is 13.2 Å². The fraction of sp³-hybridized carbons (Fsp3) is 0.261. The van der Waals surface area contributed by atoms with Gasteiger partial charge in [-0.05, 0) is 62.7 Å². The molecule has 0 aliphatic rings. The van der Waals surface area contributed by atoms with Crippen LogP contribution in [0.15, 0.2) is 59.5 Å². The highest BCUT2D eigenvalue weighted by Gasteiger charge is 2.20. The average Bonchev–Trinajstić information content (AvgIpc) is 2.77. The van der Waals surface area contributed by atoms with Crippen molar-refractivity contribution in [3.05, 3.63) is 66.0 Å². The van der Waals surface area contributed by atoms with Gasteiger partial charge in [0.25, 0.3) is 15.9 Å². The Bertz CT molecular complexity index is 1210. The van der Waals surface area contributed by atoms with Crippen LogP contribution < -0.4 is 19.5 Å². The van der Waals surface area contributed by atoms with Gasteiger partial charge in [-0.3, -0.25) is 4.79 Å². The molecule has 2 aromatic carbocycles. The Morgan fingerprint density at radius 1 is 1.00 bits per heavy atom. The summed E-state index contributed by atoms with van der Waals surface area (Å²) in [6.45, 7) is 5.35. The summed E-state index contributed by atoms with van der Waals surface area (Å²) in [5.74, 6) is 0.792. The van der Waals surface area contributed by atoms with Gasteiger partial charge >= 0.3 is 0 Å². The molecule has 1 atom stereocenters. The zero-order chi connectivity index (χ0) is 24.0. The van der Waals surface area contributed by atoms with E-state index in [0.29, 0.717) is 35.0 Å². The molecule has 33 heavy (non-hydrogen) atoms. The molecule has 0 saturated carbocycles. The fourth-order valence-electron chi connectivity index (χ4n) is 3.05. The molecule has 174 valence electrons. The number of rotatable bonds is 9. The van der Waals surface area contributed by atoms with Gasteiger partial charge in [-0.1, -0.05) is 13.0 Å². The standard InChI is InChI=1S/C23H26N4O5S/c1-5-21(32-19-8-6-7-18(14-19)31-4)22(28)26-17-9-11-20(12-10-17)33(29,30)27-23-24-15(2)13-16(3)25-23/h6-14,21H,5H2,1-4H3,(H,26,28)(H,24,25,27)/t21-/m0/s1. The van der Waals surface area contributed by atoms with Gasteiger partial charge in [0.15, 0.2) is 6.10 Å². The topological polar surface area (TPSA) is 120 Å².